The zero-order valence-electron chi connectivity index (χ0n) is 7.14. The molecule has 0 radical (unpaired) electrons. The van der Waals surface area contributed by atoms with Crippen molar-refractivity contribution >= 4 is 5.97 Å². The second-order valence-corrected chi connectivity index (χ2v) is 2.79. The van der Waals surface area contributed by atoms with Crippen LogP contribution in [0, 0.1) is 0 Å². The van der Waals surface area contributed by atoms with Crippen LogP contribution in [0.15, 0.2) is 24.5 Å². The maximum absolute atomic E-state index is 11.0. The molecule has 0 aliphatic carbocycles. The fourth-order valence-corrected chi connectivity index (χ4v) is 1.21. The molecule has 1 aromatic heterocycles. The molecule has 1 fully saturated rings. The quantitative estimate of drug-likeness (QED) is 0.495. The summed E-state index contributed by atoms with van der Waals surface area (Å²) in [4.78, 5) is 14.9. The number of hydrogen-bond donors (Lipinski definition) is 0. The van der Waals surface area contributed by atoms with Crippen LogP contribution in [0.5, 0.6) is 0 Å². The molecule has 0 N–H and O–H groups in total. The molecule has 1 aliphatic heterocycles. The van der Waals surface area contributed by atoms with Gasteiger partial charge in [-0.25, -0.2) is 4.79 Å². The van der Waals surface area contributed by atoms with E-state index in [1.807, 2.05) is 12.1 Å². The van der Waals surface area contributed by atoms with Crippen molar-refractivity contribution in [3.63, 3.8) is 0 Å². The highest BCUT2D eigenvalue weighted by Gasteiger charge is 2.47. The molecule has 2 heterocycles. The van der Waals surface area contributed by atoms with Crippen LogP contribution < -0.4 is 0 Å². The maximum Gasteiger partial charge on any atom is 0.338 e. The molecule has 0 aromatic carbocycles. The fourth-order valence-electron chi connectivity index (χ4n) is 1.21. The Morgan fingerprint density at radius 3 is 3.15 bits per heavy atom. The highest BCUT2D eigenvalue weighted by Crippen LogP contribution is 2.38. The van der Waals surface area contributed by atoms with Crippen LogP contribution in [0.4, 0.5) is 0 Å². The zero-order chi connectivity index (χ0) is 9.26. The Balaban J connectivity index is 2.04. The van der Waals surface area contributed by atoms with Gasteiger partial charge in [-0.05, 0) is 6.07 Å². The number of carbonyl (C=O) groups is 1. The van der Waals surface area contributed by atoms with Gasteiger partial charge in [-0.1, -0.05) is 6.07 Å². The summed E-state index contributed by atoms with van der Waals surface area (Å²) in [6, 6.07) is 3.69. The van der Waals surface area contributed by atoms with Crippen LogP contribution >= 0.6 is 0 Å². The Bertz CT molecular complexity index is 312. The summed E-state index contributed by atoms with van der Waals surface area (Å²) in [6.45, 7) is 0. The Labute approximate surface area is 75.5 Å². The first kappa shape index (κ1) is 8.19. The van der Waals surface area contributed by atoms with Gasteiger partial charge in [0.25, 0.3) is 0 Å². The standard InChI is InChI=1S/C9H9NO3/c1-12-9(11)8-7(13-8)6-3-2-4-10-5-6/h2-5,7-8H,1H3/t7-,8-/m0/s1. The summed E-state index contributed by atoms with van der Waals surface area (Å²) in [5.74, 6) is -0.325. The van der Waals surface area contributed by atoms with E-state index in [4.69, 9.17) is 4.74 Å². The highest BCUT2D eigenvalue weighted by molar-refractivity contribution is 5.78. The van der Waals surface area contributed by atoms with Crippen LogP contribution in [0.2, 0.25) is 0 Å². The lowest BCUT2D eigenvalue weighted by atomic mass is 10.2. The first-order chi connectivity index (χ1) is 6.33. The van der Waals surface area contributed by atoms with E-state index in [0.717, 1.165) is 5.56 Å². The van der Waals surface area contributed by atoms with Gasteiger partial charge in [0, 0.05) is 18.0 Å². The van der Waals surface area contributed by atoms with Crippen molar-refractivity contribution in [2.75, 3.05) is 7.11 Å². The van der Waals surface area contributed by atoms with Gasteiger partial charge < -0.3 is 9.47 Å². The second kappa shape index (κ2) is 3.14. The molecule has 0 amide bonds. The van der Waals surface area contributed by atoms with E-state index in [2.05, 4.69) is 9.72 Å². The zero-order valence-corrected chi connectivity index (χ0v) is 7.14. The highest BCUT2D eigenvalue weighted by atomic mass is 16.6. The second-order valence-electron chi connectivity index (χ2n) is 2.79. The molecule has 1 aromatic rings. The van der Waals surface area contributed by atoms with E-state index in [1.54, 1.807) is 12.4 Å². The largest absolute Gasteiger partial charge is 0.467 e. The van der Waals surface area contributed by atoms with Crippen molar-refractivity contribution in [2.24, 2.45) is 0 Å². The first-order valence-corrected chi connectivity index (χ1v) is 3.96. The summed E-state index contributed by atoms with van der Waals surface area (Å²) in [5.41, 5.74) is 0.915. The van der Waals surface area contributed by atoms with E-state index in [1.165, 1.54) is 7.11 Å². The molecule has 0 saturated carbocycles. The number of ether oxygens (including phenoxy) is 2. The van der Waals surface area contributed by atoms with Gasteiger partial charge in [0.2, 0.25) is 0 Å². The predicted octanol–water partition coefficient (Wildman–Crippen LogP) is 0.694. The number of aromatic nitrogens is 1. The smallest absolute Gasteiger partial charge is 0.338 e. The SMILES string of the molecule is COC(=O)[C@H]1O[C@H]1c1cccnc1. The number of epoxide rings is 1. The Morgan fingerprint density at radius 1 is 1.69 bits per heavy atom. The van der Waals surface area contributed by atoms with Gasteiger partial charge >= 0.3 is 5.97 Å². The van der Waals surface area contributed by atoms with Crippen molar-refractivity contribution in [1.29, 1.82) is 0 Å². The molecule has 13 heavy (non-hydrogen) atoms. The fraction of sp³-hybridized carbons (Fsp3) is 0.333. The van der Waals surface area contributed by atoms with Crippen LogP contribution in [0.3, 0.4) is 0 Å². The lowest BCUT2D eigenvalue weighted by molar-refractivity contribution is -0.142. The third kappa shape index (κ3) is 1.53. The number of carbonyl (C=O) groups excluding carboxylic acids is 1. The van der Waals surface area contributed by atoms with Crippen molar-refractivity contribution < 1.29 is 14.3 Å². The molecule has 68 valence electrons. The molecule has 0 unspecified atom stereocenters. The number of methoxy groups -OCH3 is 1. The van der Waals surface area contributed by atoms with Crippen LogP contribution in [-0.4, -0.2) is 24.2 Å². The summed E-state index contributed by atoms with van der Waals surface area (Å²) in [7, 11) is 1.35. The number of nitrogens with zero attached hydrogens (tertiary/aromatic N) is 1. The molecule has 1 aliphatic rings. The third-order valence-electron chi connectivity index (χ3n) is 1.94. The molecular weight excluding hydrogens is 170 g/mol. The van der Waals surface area contributed by atoms with E-state index < -0.39 is 6.10 Å². The summed E-state index contributed by atoms with van der Waals surface area (Å²) in [6.07, 6.45) is 2.77. The minimum absolute atomic E-state index is 0.166. The van der Waals surface area contributed by atoms with Crippen LogP contribution in [0.1, 0.15) is 11.7 Å². The van der Waals surface area contributed by atoms with Crippen LogP contribution in [0.25, 0.3) is 0 Å². The van der Waals surface area contributed by atoms with Crippen molar-refractivity contribution in [3.8, 4) is 0 Å². The topological polar surface area (TPSA) is 51.7 Å². The predicted molar refractivity (Wildman–Crippen MR) is 43.9 cm³/mol. The monoisotopic (exact) mass is 179 g/mol. The number of hydrogen-bond acceptors (Lipinski definition) is 4. The van der Waals surface area contributed by atoms with Gasteiger partial charge in [-0.2, -0.15) is 0 Å². The molecule has 2 atom stereocenters. The molecule has 2 rings (SSSR count). The number of pyridine rings is 1. The van der Waals surface area contributed by atoms with E-state index in [9.17, 15) is 4.79 Å². The average Bonchev–Trinajstić information content (AvgIpc) is 2.98. The number of rotatable bonds is 2. The molecule has 4 nitrogen and oxygen atoms in total. The van der Waals surface area contributed by atoms with Crippen molar-refractivity contribution in [3.05, 3.63) is 30.1 Å². The lowest BCUT2D eigenvalue weighted by Gasteiger charge is -1.93. The minimum Gasteiger partial charge on any atom is -0.467 e. The Morgan fingerprint density at radius 2 is 2.54 bits per heavy atom. The summed E-state index contributed by atoms with van der Waals surface area (Å²) < 4.78 is 9.68. The Hall–Kier alpha value is -1.42. The summed E-state index contributed by atoms with van der Waals surface area (Å²) in [5, 5.41) is 0. The number of esters is 1. The first-order valence-electron chi connectivity index (χ1n) is 3.96. The van der Waals surface area contributed by atoms with Gasteiger partial charge in [0.1, 0.15) is 6.10 Å². The van der Waals surface area contributed by atoms with Crippen molar-refractivity contribution in [1.82, 2.24) is 4.98 Å². The molecule has 4 heteroatoms. The third-order valence-corrected chi connectivity index (χ3v) is 1.94. The molecular formula is C9H9NO3. The Kier molecular flexibility index (Phi) is 1.98. The maximum atomic E-state index is 11.0. The normalized spacial score (nSPS) is 25.3. The summed E-state index contributed by atoms with van der Waals surface area (Å²) >= 11 is 0. The van der Waals surface area contributed by atoms with Crippen LogP contribution in [-0.2, 0) is 14.3 Å². The van der Waals surface area contributed by atoms with E-state index in [-0.39, 0.29) is 12.1 Å². The van der Waals surface area contributed by atoms with E-state index >= 15 is 0 Å². The van der Waals surface area contributed by atoms with Gasteiger partial charge in [-0.15, -0.1) is 0 Å². The van der Waals surface area contributed by atoms with Gasteiger partial charge in [0.15, 0.2) is 6.10 Å². The molecule has 0 spiro atoms. The van der Waals surface area contributed by atoms with E-state index in [0.29, 0.717) is 0 Å². The van der Waals surface area contributed by atoms with Crippen molar-refractivity contribution in [2.45, 2.75) is 12.2 Å². The molecule has 0 bridgehead atoms. The minimum atomic E-state index is -0.436. The van der Waals surface area contributed by atoms with Gasteiger partial charge in [-0.3, -0.25) is 4.98 Å². The molecule has 1 saturated heterocycles. The van der Waals surface area contributed by atoms with Gasteiger partial charge in [0.05, 0.1) is 7.11 Å². The average molecular weight is 179 g/mol. The lowest BCUT2D eigenvalue weighted by Crippen LogP contribution is -2.09.